The van der Waals surface area contributed by atoms with Crippen LogP contribution >= 0.6 is 31.9 Å². The van der Waals surface area contributed by atoms with Crippen molar-refractivity contribution in [2.24, 2.45) is 7.05 Å². The molecule has 2 aromatic rings. The Kier molecular flexibility index (Phi) is 3.83. The van der Waals surface area contributed by atoms with E-state index in [1.54, 1.807) is 6.20 Å². The molecule has 2 rings (SSSR count). The van der Waals surface area contributed by atoms with Gasteiger partial charge in [-0.15, -0.1) is 0 Å². The highest BCUT2D eigenvalue weighted by Gasteiger charge is 2.10. The van der Waals surface area contributed by atoms with E-state index in [9.17, 15) is 0 Å². The molecule has 0 fully saturated rings. The van der Waals surface area contributed by atoms with Crippen LogP contribution in [0.5, 0.6) is 5.75 Å². The van der Waals surface area contributed by atoms with Crippen molar-refractivity contribution in [3.63, 3.8) is 0 Å². The predicted molar refractivity (Wildman–Crippen MR) is 71.9 cm³/mol. The van der Waals surface area contributed by atoms with Crippen molar-refractivity contribution in [3.8, 4) is 5.75 Å². The van der Waals surface area contributed by atoms with Gasteiger partial charge in [-0.3, -0.25) is 4.68 Å². The van der Waals surface area contributed by atoms with E-state index in [-0.39, 0.29) is 0 Å². The number of nitrogens with zero attached hydrogens (tertiary/aromatic N) is 3. The first kappa shape index (κ1) is 12.6. The molecule has 0 saturated carbocycles. The fraction of sp³-hybridized carbons (Fsp3) is 0.273. The van der Waals surface area contributed by atoms with Crippen LogP contribution in [0.3, 0.4) is 0 Å². The van der Waals surface area contributed by atoms with Crippen LogP contribution in [0, 0.1) is 6.92 Å². The quantitative estimate of drug-likeness (QED) is 0.789. The highest BCUT2D eigenvalue weighted by molar-refractivity contribution is 9.10. The minimum atomic E-state index is 0.460. The van der Waals surface area contributed by atoms with Crippen molar-refractivity contribution >= 4 is 31.9 Å². The van der Waals surface area contributed by atoms with Gasteiger partial charge < -0.3 is 4.74 Å². The van der Waals surface area contributed by atoms with Crippen LogP contribution in [0.1, 0.15) is 11.4 Å². The Morgan fingerprint density at radius 1 is 1.35 bits per heavy atom. The Bertz CT molecular complexity index is 522. The molecule has 0 aromatic carbocycles. The van der Waals surface area contributed by atoms with Gasteiger partial charge >= 0.3 is 0 Å². The zero-order valence-electron chi connectivity index (χ0n) is 9.44. The summed E-state index contributed by atoms with van der Waals surface area (Å²) in [6.45, 7) is 2.41. The van der Waals surface area contributed by atoms with Gasteiger partial charge in [0.15, 0.2) is 0 Å². The van der Waals surface area contributed by atoms with E-state index < -0.39 is 0 Å². The summed E-state index contributed by atoms with van der Waals surface area (Å²) < 4.78 is 9.24. The third-order valence-corrected chi connectivity index (χ3v) is 3.84. The zero-order valence-corrected chi connectivity index (χ0v) is 12.6. The maximum Gasteiger partial charge on any atom is 0.138 e. The molecule has 0 bridgehead atoms. The van der Waals surface area contributed by atoms with Gasteiger partial charge in [0, 0.05) is 7.05 Å². The van der Waals surface area contributed by atoms with Crippen LogP contribution in [-0.2, 0) is 13.7 Å². The third-order valence-electron chi connectivity index (χ3n) is 2.34. The van der Waals surface area contributed by atoms with Crippen molar-refractivity contribution in [1.82, 2.24) is 14.8 Å². The average molecular weight is 361 g/mol. The van der Waals surface area contributed by atoms with Gasteiger partial charge in [0.05, 0.1) is 22.1 Å². The van der Waals surface area contributed by atoms with E-state index in [1.807, 2.05) is 30.8 Å². The summed E-state index contributed by atoms with van der Waals surface area (Å²) in [6, 6.07) is 3.72. The van der Waals surface area contributed by atoms with E-state index in [1.165, 1.54) is 0 Å². The van der Waals surface area contributed by atoms with E-state index >= 15 is 0 Å². The first-order valence-corrected chi connectivity index (χ1v) is 6.59. The lowest BCUT2D eigenvalue weighted by molar-refractivity contribution is 0.293. The summed E-state index contributed by atoms with van der Waals surface area (Å²) in [5.41, 5.74) is 1.96. The van der Waals surface area contributed by atoms with Crippen molar-refractivity contribution in [3.05, 3.63) is 38.8 Å². The molecular formula is C11H11Br2N3O. The SMILES string of the molecule is Cc1nn(C)c(COc2ccc(Br)nc2)c1Br. The Morgan fingerprint density at radius 3 is 2.65 bits per heavy atom. The molecule has 0 N–H and O–H groups in total. The molecule has 0 spiro atoms. The number of hydrogen-bond acceptors (Lipinski definition) is 3. The molecule has 0 unspecified atom stereocenters. The molecule has 0 aliphatic heterocycles. The smallest absolute Gasteiger partial charge is 0.138 e. The lowest BCUT2D eigenvalue weighted by Crippen LogP contribution is -2.03. The Balaban J connectivity index is 2.09. The molecule has 2 heterocycles. The van der Waals surface area contributed by atoms with Crippen LogP contribution in [0.4, 0.5) is 0 Å². The summed E-state index contributed by atoms with van der Waals surface area (Å²) in [4.78, 5) is 4.10. The van der Waals surface area contributed by atoms with Crippen molar-refractivity contribution < 1.29 is 4.74 Å². The molecule has 6 heteroatoms. The number of halogens is 2. The van der Waals surface area contributed by atoms with Gasteiger partial charge in [-0.1, -0.05) is 0 Å². The molecule has 17 heavy (non-hydrogen) atoms. The number of ether oxygens (including phenoxy) is 1. The minimum absolute atomic E-state index is 0.460. The van der Waals surface area contributed by atoms with Crippen molar-refractivity contribution in [2.45, 2.75) is 13.5 Å². The minimum Gasteiger partial charge on any atom is -0.486 e. The number of aryl methyl sites for hydroxylation is 2. The van der Waals surface area contributed by atoms with Crippen LogP contribution < -0.4 is 4.74 Å². The van der Waals surface area contributed by atoms with Crippen LogP contribution in [0.15, 0.2) is 27.4 Å². The average Bonchev–Trinajstić information content (AvgIpc) is 2.54. The molecule has 0 atom stereocenters. The normalized spacial score (nSPS) is 10.6. The monoisotopic (exact) mass is 359 g/mol. The van der Waals surface area contributed by atoms with Gasteiger partial charge in [-0.2, -0.15) is 5.10 Å². The predicted octanol–water partition coefficient (Wildman–Crippen LogP) is 3.23. The Labute approximate surface area is 116 Å². The highest BCUT2D eigenvalue weighted by Crippen LogP contribution is 2.22. The molecule has 0 radical (unpaired) electrons. The maximum absolute atomic E-state index is 5.65. The number of rotatable bonds is 3. The lowest BCUT2D eigenvalue weighted by Gasteiger charge is -2.06. The highest BCUT2D eigenvalue weighted by atomic mass is 79.9. The number of hydrogen-bond donors (Lipinski definition) is 0. The summed E-state index contributed by atoms with van der Waals surface area (Å²) >= 11 is 6.78. The summed E-state index contributed by atoms with van der Waals surface area (Å²) in [5, 5.41) is 4.30. The summed E-state index contributed by atoms with van der Waals surface area (Å²) in [7, 11) is 1.90. The fourth-order valence-corrected chi connectivity index (χ4v) is 2.12. The number of pyridine rings is 1. The van der Waals surface area contributed by atoms with Crippen LogP contribution in [0.25, 0.3) is 0 Å². The first-order valence-electron chi connectivity index (χ1n) is 5.00. The van der Waals surface area contributed by atoms with Gasteiger partial charge in [0.1, 0.15) is 17.0 Å². The first-order chi connectivity index (χ1) is 8.08. The Morgan fingerprint density at radius 2 is 2.12 bits per heavy atom. The third kappa shape index (κ3) is 2.87. The molecule has 4 nitrogen and oxygen atoms in total. The van der Waals surface area contributed by atoms with Gasteiger partial charge in [-0.05, 0) is 50.9 Å². The molecule has 0 saturated heterocycles. The topological polar surface area (TPSA) is 39.9 Å². The van der Waals surface area contributed by atoms with E-state index in [2.05, 4.69) is 41.9 Å². The molecule has 0 aliphatic rings. The van der Waals surface area contributed by atoms with Gasteiger partial charge in [0.25, 0.3) is 0 Å². The maximum atomic E-state index is 5.65. The van der Waals surface area contributed by atoms with Crippen LogP contribution in [0.2, 0.25) is 0 Å². The van der Waals surface area contributed by atoms with E-state index in [0.717, 1.165) is 26.2 Å². The Hall–Kier alpha value is -0.880. The van der Waals surface area contributed by atoms with E-state index in [0.29, 0.717) is 6.61 Å². The molecule has 2 aromatic heterocycles. The lowest BCUT2D eigenvalue weighted by atomic mass is 10.4. The standard InChI is InChI=1S/C11H11Br2N3O/c1-7-11(13)9(16(2)15-7)6-17-8-3-4-10(12)14-5-8/h3-5H,6H2,1-2H3. The zero-order chi connectivity index (χ0) is 12.4. The second-order valence-electron chi connectivity index (χ2n) is 3.57. The van der Waals surface area contributed by atoms with Gasteiger partial charge in [0.2, 0.25) is 0 Å². The number of aromatic nitrogens is 3. The van der Waals surface area contributed by atoms with Crippen molar-refractivity contribution in [2.75, 3.05) is 0 Å². The molecule has 0 aliphatic carbocycles. The largest absolute Gasteiger partial charge is 0.486 e. The van der Waals surface area contributed by atoms with Crippen molar-refractivity contribution in [1.29, 1.82) is 0 Å². The summed E-state index contributed by atoms with van der Waals surface area (Å²) in [6.07, 6.45) is 1.68. The fourth-order valence-electron chi connectivity index (χ4n) is 1.44. The van der Waals surface area contributed by atoms with Crippen LogP contribution in [-0.4, -0.2) is 14.8 Å². The molecular weight excluding hydrogens is 350 g/mol. The summed E-state index contributed by atoms with van der Waals surface area (Å²) in [5.74, 6) is 0.735. The molecule has 0 amide bonds. The van der Waals surface area contributed by atoms with Gasteiger partial charge in [-0.25, -0.2) is 4.98 Å². The van der Waals surface area contributed by atoms with E-state index in [4.69, 9.17) is 4.74 Å². The molecule has 90 valence electrons. The second-order valence-corrected chi connectivity index (χ2v) is 5.18. The second kappa shape index (κ2) is 5.18.